The van der Waals surface area contributed by atoms with E-state index < -0.39 is 60.6 Å². The molecule has 2 aliphatic heterocycles. The normalized spacial score (nSPS) is 23.2. The number of aryl methyl sites for hydroxylation is 1. The quantitative estimate of drug-likeness (QED) is 0.307. The predicted molar refractivity (Wildman–Crippen MR) is 142 cm³/mol. The monoisotopic (exact) mass is 588 g/mol. The van der Waals surface area contributed by atoms with Gasteiger partial charge in [0.2, 0.25) is 0 Å². The summed E-state index contributed by atoms with van der Waals surface area (Å²) < 4.78 is 51.6. The molecule has 224 valence electrons. The average molecular weight is 589 g/mol. The summed E-state index contributed by atoms with van der Waals surface area (Å²) in [5, 5.41) is 28.4. The number of benzene rings is 1. The number of aliphatic hydroxyl groups excluding tert-OH is 1. The van der Waals surface area contributed by atoms with Crippen molar-refractivity contribution in [1.82, 2.24) is 9.55 Å². The van der Waals surface area contributed by atoms with Crippen molar-refractivity contribution in [3.63, 3.8) is 0 Å². The van der Waals surface area contributed by atoms with Crippen molar-refractivity contribution < 1.29 is 42.6 Å². The van der Waals surface area contributed by atoms with E-state index >= 15 is 4.39 Å². The van der Waals surface area contributed by atoms with Gasteiger partial charge in [0.25, 0.3) is 5.56 Å². The molecule has 1 aromatic carbocycles. The van der Waals surface area contributed by atoms with Gasteiger partial charge in [-0.1, -0.05) is 41.5 Å². The number of aromatic amines is 1. The molecule has 0 radical (unpaired) electrons. The number of rotatable bonds is 4. The Labute approximate surface area is 231 Å². The lowest BCUT2D eigenvalue weighted by Crippen LogP contribution is -2.45. The van der Waals surface area contributed by atoms with Crippen molar-refractivity contribution in [2.24, 2.45) is 0 Å². The van der Waals surface area contributed by atoms with E-state index in [0.717, 1.165) is 11.7 Å². The molecule has 3 atom stereocenters. The van der Waals surface area contributed by atoms with Crippen molar-refractivity contribution in [3.05, 3.63) is 61.2 Å². The summed E-state index contributed by atoms with van der Waals surface area (Å²) in [6.45, 7) is 12.3. The Balaban J connectivity index is 0.00000216. The Kier molecular flexibility index (Phi) is 8.94. The van der Waals surface area contributed by atoms with Gasteiger partial charge < -0.3 is 24.6 Å². The first-order valence-corrected chi connectivity index (χ1v) is 14.2. The maximum atomic E-state index is 15.5. The summed E-state index contributed by atoms with van der Waals surface area (Å²) in [5.74, 6) is -3.74. The van der Waals surface area contributed by atoms with Gasteiger partial charge in [-0.25, -0.2) is 18.3 Å². The van der Waals surface area contributed by atoms with Crippen LogP contribution in [0.15, 0.2) is 21.9 Å². The number of phosphoric acid groups is 1. The van der Waals surface area contributed by atoms with Crippen LogP contribution in [0.5, 0.6) is 5.75 Å². The number of aromatic nitrogens is 2. The van der Waals surface area contributed by atoms with Crippen LogP contribution in [-0.4, -0.2) is 44.1 Å². The van der Waals surface area contributed by atoms with Crippen molar-refractivity contribution in [3.8, 4) is 5.75 Å². The fraction of sp³-hybridized carbons (Fsp3) is 0.615. The molecule has 3 unspecified atom stereocenters. The largest absolute Gasteiger partial charge is 0.534 e. The van der Waals surface area contributed by atoms with E-state index in [0.29, 0.717) is 11.1 Å². The lowest BCUT2D eigenvalue weighted by molar-refractivity contribution is -0.349. The zero-order valence-corrected chi connectivity index (χ0v) is 24.8. The van der Waals surface area contributed by atoms with Crippen LogP contribution in [-0.2, 0) is 35.8 Å². The van der Waals surface area contributed by atoms with E-state index in [4.69, 9.17) is 23.4 Å². The minimum Gasteiger partial charge on any atom is -0.403 e. The average Bonchev–Trinajstić information content (AvgIpc) is 3.32. The van der Waals surface area contributed by atoms with Gasteiger partial charge in [-0.3, -0.25) is 18.9 Å². The molecule has 0 spiro atoms. The number of nitrogens with one attached hydrogen (secondary N) is 1. The first-order valence-electron chi connectivity index (χ1n) is 12.7. The van der Waals surface area contributed by atoms with Crippen LogP contribution in [0.4, 0.5) is 4.39 Å². The van der Waals surface area contributed by atoms with Gasteiger partial charge >= 0.3 is 19.5 Å². The summed E-state index contributed by atoms with van der Waals surface area (Å²) in [6, 6.07) is 1.66. The molecule has 0 saturated carbocycles. The van der Waals surface area contributed by atoms with E-state index in [-0.39, 0.29) is 29.7 Å². The Hall–Kier alpha value is -2.38. The number of H-pyrrole nitrogens is 1. The first kappa shape index (κ1) is 32.1. The second kappa shape index (κ2) is 11.1. The van der Waals surface area contributed by atoms with Gasteiger partial charge in [0, 0.05) is 24.4 Å². The number of ether oxygens (including phenoxy) is 1. The van der Waals surface area contributed by atoms with Crippen molar-refractivity contribution in [2.45, 2.75) is 97.0 Å². The first-order chi connectivity index (χ1) is 18.3. The third kappa shape index (κ3) is 6.41. The predicted octanol–water partition coefficient (Wildman–Crippen LogP) is 3.24. The molecule has 2 aromatic rings. The van der Waals surface area contributed by atoms with Gasteiger partial charge in [-0.15, -0.1) is 0 Å². The fourth-order valence-electron chi connectivity index (χ4n) is 4.49. The summed E-state index contributed by atoms with van der Waals surface area (Å²) >= 11 is 0. The van der Waals surface area contributed by atoms with E-state index in [2.05, 4.69) is 4.98 Å². The lowest BCUT2D eigenvalue weighted by Gasteiger charge is -2.36. The third-order valence-corrected chi connectivity index (χ3v) is 7.96. The summed E-state index contributed by atoms with van der Waals surface area (Å²) in [4.78, 5) is 26.0. The standard InChI is InChI=1S/C25H34FN2O9P.CH4O/c1-13-11-28(22(30)27-21(13)29)18-9-8-17(35-18)25(31,32)37-38(33)34-12-14-19(26)15(23(2,3)4)10-16(20(14)36-38)24(5,6)7;1-2/h10-11,17-18,31-32H,8-9,12H2,1-7H3,(H,27,29,30);2H,1H3. The molecular formula is C26H38FN2O10P. The van der Waals surface area contributed by atoms with Crippen molar-refractivity contribution >= 4 is 7.82 Å². The van der Waals surface area contributed by atoms with Crippen LogP contribution in [0.25, 0.3) is 0 Å². The van der Waals surface area contributed by atoms with Crippen LogP contribution < -0.4 is 15.8 Å². The SMILES string of the molecule is CO.Cc1cn(C2CCC(C(O)(O)OP3(=O)OCc4c(F)c(C(C)(C)C)cc(C(C)(C)C)c4O3)O2)c(=O)[nH]c1=O. The molecule has 4 N–H and O–H groups in total. The lowest BCUT2D eigenvalue weighted by atomic mass is 9.78. The second-order valence-electron chi connectivity index (χ2n) is 11.8. The van der Waals surface area contributed by atoms with Gasteiger partial charge in [0.1, 0.15) is 23.9 Å². The van der Waals surface area contributed by atoms with Crippen molar-refractivity contribution in [2.75, 3.05) is 7.11 Å². The zero-order valence-electron chi connectivity index (χ0n) is 23.9. The molecule has 0 aliphatic carbocycles. The summed E-state index contributed by atoms with van der Waals surface area (Å²) in [7, 11) is -3.67. The Morgan fingerprint density at radius 3 is 2.25 bits per heavy atom. The van der Waals surface area contributed by atoms with Gasteiger partial charge in [0.15, 0.2) is 0 Å². The molecule has 4 rings (SSSR count). The van der Waals surface area contributed by atoms with Gasteiger partial charge in [-0.2, -0.15) is 0 Å². The third-order valence-electron chi connectivity index (χ3n) is 6.61. The second-order valence-corrected chi connectivity index (χ2v) is 13.3. The molecule has 2 aliphatic rings. The number of halogens is 1. The molecule has 1 fully saturated rings. The minimum atomic E-state index is -4.67. The molecule has 14 heteroatoms. The number of nitrogens with zero attached hydrogens (tertiary/aromatic N) is 1. The molecule has 1 saturated heterocycles. The smallest absolute Gasteiger partial charge is 0.403 e. The van der Waals surface area contributed by atoms with Crippen LogP contribution in [0, 0.1) is 12.7 Å². The zero-order chi connectivity index (χ0) is 30.4. The van der Waals surface area contributed by atoms with Crippen molar-refractivity contribution in [1.29, 1.82) is 0 Å². The fourth-order valence-corrected chi connectivity index (χ4v) is 5.79. The number of phosphoric ester groups is 1. The Morgan fingerprint density at radius 1 is 1.07 bits per heavy atom. The number of hydrogen-bond acceptors (Lipinski definition) is 10. The maximum Gasteiger partial charge on any atom is 0.534 e. The van der Waals surface area contributed by atoms with Crippen LogP contribution >= 0.6 is 7.82 Å². The maximum absolute atomic E-state index is 15.5. The molecule has 12 nitrogen and oxygen atoms in total. The van der Waals surface area contributed by atoms with Crippen LogP contribution in [0.2, 0.25) is 0 Å². The van der Waals surface area contributed by atoms with E-state index in [9.17, 15) is 24.4 Å². The molecule has 3 heterocycles. The number of fused-ring (bicyclic) bond motifs is 1. The minimum absolute atomic E-state index is 0.00429. The molecule has 0 amide bonds. The van der Waals surface area contributed by atoms with Gasteiger partial charge in [0.05, 0.1) is 12.2 Å². The topological polar surface area (TPSA) is 170 Å². The highest BCUT2D eigenvalue weighted by Crippen LogP contribution is 2.59. The highest BCUT2D eigenvalue weighted by Gasteiger charge is 2.52. The molecule has 0 bridgehead atoms. The Bertz CT molecular complexity index is 1420. The highest BCUT2D eigenvalue weighted by atomic mass is 31.2. The van der Waals surface area contributed by atoms with Gasteiger partial charge in [-0.05, 0) is 42.2 Å². The number of aliphatic hydroxyl groups is 3. The highest BCUT2D eigenvalue weighted by molar-refractivity contribution is 7.49. The van der Waals surface area contributed by atoms with E-state index in [1.54, 1.807) is 6.07 Å². The summed E-state index contributed by atoms with van der Waals surface area (Å²) in [5.41, 5.74) is -1.07. The van der Waals surface area contributed by atoms with Crippen LogP contribution in [0.1, 0.15) is 82.9 Å². The van der Waals surface area contributed by atoms with Crippen LogP contribution in [0.3, 0.4) is 0 Å². The van der Waals surface area contributed by atoms with E-state index in [1.165, 1.54) is 13.1 Å². The Morgan fingerprint density at radius 2 is 1.68 bits per heavy atom. The van der Waals surface area contributed by atoms with E-state index in [1.807, 2.05) is 41.5 Å². The number of hydrogen-bond donors (Lipinski definition) is 4. The molecule has 40 heavy (non-hydrogen) atoms. The summed E-state index contributed by atoms with van der Waals surface area (Å²) in [6.07, 6.45) is -0.945. The molecular weight excluding hydrogens is 550 g/mol. The molecule has 1 aromatic heterocycles.